The molecule has 3 aromatic rings. The van der Waals surface area contributed by atoms with Crippen LogP contribution in [0.15, 0.2) is 9.59 Å². The Morgan fingerprint density at radius 2 is 2.03 bits per heavy atom. The van der Waals surface area contributed by atoms with Crippen LogP contribution in [-0.4, -0.2) is 43.5 Å². The van der Waals surface area contributed by atoms with Gasteiger partial charge >= 0.3 is 5.69 Å². The van der Waals surface area contributed by atoms with Gasteiger partial charge in [0.15, 0.2) is 0 Å². The molecule has 1 aliphatic rings. The summed E-state index contributed by atoms with van der Waals surface area (Å²) in [6.45, 7) is 9.28. The van der Waals surface area contributed by atoms with E-state index in [2.05, 4.69) is 10.2 Å². The van der Waals surface area contributed by atoms with Crippen molar-refractivity contribution in [3.63, 3.8) is 0 Å². The quantitative estimate of drug-likeness (QED) is 0.648. The molecule has 166 valence electrons. The van der Waals surface area contributed by atoms with E-state index >= 15 is 0 Å². The highest BCUT2D eigenvalue weighted by atomic mass is 32.1. The fourth-order valence-electron chi connectivity index (χ4n) is 3.98. The van der Waals surface area contributed by atoms with Gasteiger partial charge in [0.05, 0.1) is 29.8 Å². The van der Waals surface area contributed by atoms with Gasteiger partial charge in [-0.25, -0.2) is 9.86 Å². The van der Waals surface area contributed by atoms with E-state index in [0.717, 1.165) is 32.8 Å². The summed E-state index contributed by atoms with van der Waals surface area (Å²) in [5, 5.41) is 8.86. The van der Waals surface area contributed by atoms with E-state index in [0.29, 0.717) is 41.9 Å². The Hall–Kier alpha value is -2.72. The lowest BCUT2D eigenvalue weighted by Crippen LogP contribution is -2.39. The van der Waals surface area contributed by atoms with E-state index in [-0.39, 0.29) is 17.5 Å². The van der Waals surface area contributed by atoms with Crippen LogP contribution >= 0.6 is 11.3 Å². The van der Waals surface area contributed by atoms with Crippen LogP contribution < -0.4 is 11.2 Å². The second-order valence-electron chi connectivity index (χ2n) is 8.41. The van der Waals surface area contributed by atoms with Gasteiger partial charge in [0, 0.05) is 36.1 Å². The van der Waals surface area contributed by atoms with Gasteiger partial charge < -0.3 is 0 Å². The van der Waals surface area contributed by atoms with Gasteiger partial charge in [-0.1, -0.05) is 13.8 Å². The molecule has 0 radical (unpaired) electrons. The zero-order chi connectivity index (χ0) is 22.4. The number of hydroxylamine groups is 2. The fraction of sp³-hybridized carbons (Fsp3) is 0.524. The number of carbonyl (C=O) groups excluding carboxylic acids is 1. The monoisotopic (exact) mass is 445 g/mol. The lowest BCUT2D eigenvalue weighted by atomic mass is 10.0. The number of H-pyrrole nitrogens is 1. The smallest absolute Gasteiger partial charge is 0.284 e. The van der Waals surface area contributed by atoms with Gasteiger partial charge in [-0.05, 0) is 26.2 Å². The number of aryl methyl sites for hydroxylation is 2. The average molecular weight is 446 g/mol. The number of hydrogen-bond acceptors (Lipinski definition) is 6. The molecule has 3 aromatic heterocycles. The van der Waals surface area contributed by atoms with Crippen LogP contribution in [0.4, 0.5) is 0 Å². The minimum absolute atomic E-state index is 0.198. The molecule has 1 fully saturated rings. The third-order valence-corrected chi connectivity index (χ3v) is 6.82. The summed E-state index contributed by atoms with van der Waals surface area (Å²) in [7, 11) is 1.46. The molecular weight excluding hydrogens is 418 g/mol. The van der Waals surface area contributed by atoms with E-state index in [1.807, 2.05) is 27.7 Å². The van der Waals surface area contributed by atoms with Crippen molar-refractivity contribution in [3.8, 4) is 0 Å². The Labute approximate surface area is 183 Å². The molecule has 1 amide bonds. The number of hydrogen-bond donors (Lipinski definition) is 1. The fourth-order valence-corrected chi connectivity index (χ4v) is 5.28. The lowest BCUT2D eigenvalue weighted by molar-refractivity contribution is -0.0767. The molecule has 1 aliphatic heterocycles. The molecule has 1 saturated heterocycles. The van der Waals surface area contributed by atoms with Crippen LogP contribution in [-0.2, 0) is 24.9 Å². The maximum atomic E-state index is 13.5. The Kier molecular flexibility index (Phi) is 5.61. The second kappa shape index (κ2) is 8.08. The predicted molar refractivity (Wildman–Crippen MR) is 119 cm³/mol. The standard InChI is InChI=1S/C21H27N5O4S/c1-11(2)10-25-20-17(18(27)24(5)21(25)29)16(19(28)26-7-6-8-30-26)15(31-20)9-14-12(3)22-23-13(14)4/h11H,6-10H2,1-5H3,(H,22,23). The number of amides is 1. The van der Waals surface area contributed by atoms with Crippen molar-refractivity contribution in [3.05, 3.63) is 48.2 Å². The van der Waals surface area contributed by atoms with Crippen LogP contribution in [0.3, 0.4) is 0 Å². The van der Waals surface area contributed by atoms with Crippen molar-refractivity contribution in [2.45, 2.75) is 47.1 Å². The van der Waals surface area contributed by atoms with Crippen LogP contribution in [0, 0.1) is 19.8 Å². The summed E-state index contributed by atoms with van der Waals surface area (Å²) in [5.74, 6) is -0.132. The van der Waals surface area contributed by atoms with E-state index in [1.54, 1.807) is 4.57 Å². The van der Waals surface area contributed by atoms with Gasteiger partial charge in [0.2, 0.25) is 0 Å². The molecule has 4 rings (SSSR count). The highest BCUT2D eigenvalue weighted by Gasteiger charge is 2.31. The van der Waals surface area contributed by atoms with E-state index in [9.17, 15) is 14.4 Å². The summed E-state index contributed by atoms with van der Waals surface area (Å²) in [6.07, 6.45) is 1.20. The van der Waals surface area contributed by atoms with Crippen molar-refractivity contribution >= 4 is 27.5 Å². The molecule has 31 heavy (non-hydrogen) atoms. The first-order valence-electron chi connectivity index (χ1n) is 10.4. The molecule has 0 saturated carbocycles. The normalized spacial score (nSPS) is 14.3. The van der Waals surface area contributed by atoms with E-state index < -0.39 is 5.56 Å². The van der Waals surface area contributed by atoms with Crippen LogP contribution in [0.25, 0.3) is 10.2 Å². The SMILES string of the molecule is Cc1n[nH]c(C)c1Cc1sc2c(c1C(=O)N1CCCO1)c(=O)n(C)c(=O)n2CC(C)C. The molecule has 1 N–H and O–H groups in total. The van der Waals surface area contributed by atoms with Crippen LogP contribution in [0.2, 0.25) is 0 Å². The van der Waals surface area contributed by atoms with Crippen LogP contribution in [0.5, 0.6) is 0 Å². The minimum atomic E-state index is -0.453. The van der Waals surface area contributed by atoms with Crippen molar-refractivity contribution in [1.29, 1.82) is 0 Å². The molecule has 9 nitrogen and oxygen atoms in total. The van der Waals surface area contributed by atoms with Crippen LogP contribution in [0.1, 0.15) is 52.5 Å². The minimum Gasteiger partial charge on any atom is -0.284 e. The number of aromatic nitrogens is 4. The number of nitrogens with zero attached hydrogens (tertiary/aromatic N) is 4. The van der Waals surface area contributed by atoms with Gasteiger partial charge in [0.1, 0.15) is 4.83 Å². The molecular formula is C21H27N5O4S. The summed E-state index contributed by atoms with van der Waals surface area (Å²) < 4.78 is 2.71. The number of carbonyl (C=O) groups is 1. The highest BCUT2D eigenvalue weighted by Crippen LogP contribution is 2.33. The number of thiophene rings is 1. The third kappa shape index (κ3) is 3.63. The molecule has 0 aliphatic carbocycles. The summed E-state index contributed by atoms with van der Waals surface area (Å²) in [6, 6.07) is 0. The van der Waals surface area contributed by atoms with Gasteiger partial charge in [-0.3, -0.25) is 28.7 Å². The topological polar surface area (TPSA) is 102 Å². The number of fused-ring (bicyclic) bond motifs is 1. The Morgan fingerprint density at radius 1 is 1.29 bits per heavy atom. The summed E-state index contributed by atoms with van der Waals surface area (Å²) in [5.41, 5.74) is 2.26. The van der Waals surface area contributed by atoms with Gasteiger partial charge in [0.25, 0.3) is 11.5 Å². The molecule has 0 atom stereocenters. The zero-order valence-corrected chi connectivity index (χ0v) is 19.3. The lowest BCUT2D eigenvalue weighted by Gasteiger charge is -2.15. The highest BCUT2D eigenvalue weighted by molar-refractivity contribution is 7.19. The van der Waals surface area contributed by atoms with Crippen molar-refractivity contribution in [1.82, 2.24) is 24.4 Å². The summed E-state index contributed by atoms with van der Waals surface area (Å²) in [4.78, 5) is 46.4. The first-order valence-corrected chi connectivity index (χ1v) is 11.2. The third-order valence-electron chi connectivity index (χ3n) is 5.60. The number of rotatable bonds is 5. The average Bonchev–Trinajstić information content (AvgIpc) is 3.45. The molecule has 0 spiro atoms. The van der Waals surface area contributed by atoms with Gasteiger partial charge in [-0.15, -0.1) is 11.3 Å². The van der Waals surface area contributed by atoms with Crippen molar-refractivity contribution in [2.24, 2.45) is 13.0 Å². The predicted octanol–water partition coefficient (Wildman–Crippen LogP) is 2.13. The number of nitrogens with one attached hydrogen (secondary N) is 1. The van der Waals surface area contributed by atoms with Gasteiger partial charge in [-0.2, -0.15) is 5.10 Å². The second-order valence-corrected chi connectivity index (χ2v) is 9.50. The molecule has 0 unspecified atom stereocenters. The Balaban J connectivity index is 2.02. The maximum Gasteiger partial charge on any atom is 0.331 e. The molecule has 10 heteroatoms. The first kappa shape index (κ1) is 21.5. The molecule has 0 aromatic carbocycles. The molecule has 0 bridgehead atoms. The largest absolute Gasteiger partial charge is 0.331 e. The van der Waals surface area contributed by atoms with E-state index in [1.165, 1.54) is 23.4 Å². The Morgan fingerprint density at radius 3 is 2.61 bits per heavy atom. The Bertz CT molecular complexity index is 1250. The number of aromatic amines is 1. The molecule has 4 heterocycles. The van der Waals surface area contributed by atoms with E-state index in [4.69, 9.17) is 4.84 Å². The first-order chi connectivity index (χ1) is 14.7. The zero-order valence-electron chi connectivity index (χ0n) is 18.4. The summed E-state index contributed by atoms with van der Waals surface area (Å²) >= 11 is 1.34. The maximum absolute atomic E-state index is 13.5. The van der Waals surface area contributed by atoms with Crippen molar-refractivity contribution < 1.29 is 9.63 Å². The van der Waals surface area contributed by atoms with Crippen molar-refractivity contribution in [2.75, 3.05) is 13.2 Å².